The first-order valence-corrected chi connectivity index (χ1v) is 7.55. The van der Waals surface area contributed by atoms with E-state index in [2.05, 4.69) is 21.2 Å². The predicted molar refractivity (Wildman–Crippen MR) is 78.9 cm³/mol. The van der Waals surface area contributed by atoms with Crippen LogP contribution in [0.1, 0.15) is 30.1 Å². The van der Waals surface area contributed by atoms with E-state index in [9.17, 15) is 4.79 Å². The van der Waals surface area contributed by atoms with Gasteiger partial charge >= 0.3 is 0 Å². The van der Waals surface area contributed by atoms with Gasteiger partial charge in [0.25, 0.3) is 5.91 Å². The Morgan fingerprint density at radius 1 is 1.26 bits per heavy atom. The second-order valence-corrected chi connectivity index (χ2v) is 4.40. The molecular formula is C14H20BrNO3. The summed E-state index contributed by atoms with van der Waals surface area (Å²) in [4.78, 5) is 11.8. The molecule has 0 aliphatic carbocycles. The molecule has 0 fully saturated rings. The van der Waals surface area contributed by atoms with Gasteiger partial charge in [-0.25, -0.2) is 0 Å². The highest BCUT2D eigenvalue weighted by atomic mass is 79.9. The van der Waals surface area contributed by atoms with Crippen molar-refractivity contribution in [1.82, 2.24) is 5.32 Å². The van der Waals surface area contributed by atoms with Crippen molar-refractivity contribution in [1.29, 1.82) is 0 Å². The van der Waals surface area contributed by atoms with Crippen LogP contribution in [0.25, 0.3) is 0 Å². The van der Waals surface area contributed by atoms with Gasteiger partial charge in [-0.05, 0) is 60.0 Å². The Hall–Kier alpha value is -1.07. The lowest BCUT2D eigenvalue weighted by Crippen LogP contribution is -2.24. The molecule has 0 saturated heterocycles. The third-order valence-corrected chi connectivity index (χ3v) is 2.77. The van der Waals surface area contributed by atoms with E-state index in [0.717, 1.165) is 31.8 Å². The fourth-order valence-electron chi connectivity index (χ4n) is 1.54. The number of benzene rings is 1. The maximum atomic E-state index is 11.8. The van der Waals surface area contributed by atoms with Gasteiger partial charge in [0.2, 0.25) is 0 Å². The Balaban J connectivity index is 2.25. The van der Waals surface area contributed by atoms with Crippen LogP contribution in [0.4, 0.5) is 0 Å². The van der Waals surface area contributed by atoms with Gasteiger partial charge in [-0.2, -0.15) is 0 Å². The van der Waals surface area contributed by atoms with E-state index in [1.165, 1.54) is 0 Å². The Bertz CT molecular complexity index is 367. The largest absolute Gasteiger partial charge is 0.482 e. The average Bonchev–Trinajstić information content (AvgIpc) is 2.43. The second kappa shape index (κ2) is 9.81. The minimum Gasteiger partial charge on any atom is -0.482 e. The highest BCUT2D eigenvalue weighted by molar-refractivity contribution is 9.09. The summed E-state index contributed by atoms with van der Waals surface area (Å²) in [6, 6.07) is 7.08. The van der Waals surface area contributed by atoms with Gasteiger partial charge in [0, 0.05) is 25.3 Å². The fraction of sp³-hybridized carbons (Fsp3) is 0.500. The SMILES string of the molecule is CCOCCCCNC(=O)c1ccc(OCBr)cc1. The van der Waals surface area contributed by atoms with Crippen LogP contribution in [0.15, 0.2) is 24.3 Å². The highest BCUT2D eigenvalue weighted by Gasteiger charge is 2.04. The van der Waals surface area contributed by atoms with E-state index in [1.54, 1.807) is 24.3 Å². The fourth-order valence-corrected chi connectivity index (χ4v) is 1.81. The number of carbonyl (C=O) groups excluding carboxylic acids is 1. The number of rotatable bonds is 9. The lowest BCUT2D eigenvalue weighted by molar-refractivity contribution is 0.0949. The minimum absolute atomic E-state index is 0.0539. The third kappa shape index (κ3) is 6.59. The molecule has 0 bridgehead atoms. The van der Waals surface area contributed by atoms with Crippen molar-refractivity contribution in [3.63, 3.8) is 0 Å². The first-order chi connectivity index (χ1) is 9.27. The van der Waals surface area contributed by atoms with Crippen molar-refractivity contribution >= 4 is 21.8 Å². The van der Waals surface area contributed by atoms with Gasteiger partial charge in [-0.3, -0.25) is 4.79 Å². The van der Waals surface area contributed by atoms with E-state index in [-0.39, 0.29) is 5.91 Å². The van der Waals surface area contributed by atoms with Gasteiger partial charge < -0.3 is 14.8 Å². The Labute approximate surface area is 122 Å². The summed E-state index contributed by atoms with van der Waals surface area (Å²) in [5.74, 6) is 0.687. The lowest BCUT2D eigenvalue weighted by Gasteiger charge is -2.06. The Morgan fingerprint density at radius 2 is 2.00 bits per heavy atom. The van der Waals surface area contributed by atoms with Crippen LogP contribution in [-0.2, 0) is 4.74 Å². The normalized spacial score (nSPS) is 10.2. The van der Waals surface area contributed by atoms with Crippen LogP contribution in [0.3, 0.4) is 0 Å². The van der Waals surface area contributed by atoms with Crippen molar-refractivity contribution in [2.75, 3.05) is 25.3 Å². The third-order valence-electron chi connectivity index (χ3n) is 2.54. The molecule has 0 spiro atoms. The summed E-state index contributed by atoms with van der Waals surface area (Å²) in [6.45, 7) is 4.15. The van der Waals surface area contributed by atoms with Crippen LogP contribution >= 0.6 is 15.9 Å². The number of halogens is 1. The van der Waals surface area contributed by atoms with Gasteiger partial charge in [-0.15, -0.1) is 0 Å². The highest BCUT2D eigenvalue weighted by Crippen LogP contribution is 2.12. The molecular weight excluding hydrogens is 310 g/mol. The molecule has 0 radical (unpaired) electrons. The molecule has 1 aromatic carbocycles. The Kier molecular flexibility index (Phi) is 8.25. The minimum atomic E-state index is -0.0539. The van der Waals surface area contributed by atoms with Crippen LogP contribution < -0.4 is 10.1 Å². The average molecular weight is 330 g/mol. The van der Waals surface area contributed by atoms with E-state index in [4.69, 9.17) is 9.47 Å². The lowest BCUT2D eigenvalue weighted by atomic mass is 10.2. The smallest absolute Gasteiger partial charge is 0.251 e. The van der Waals surface area contributed by atoms with Crippen LogP contribution in [-0.4, -0.2) is 31.2 Å². The number of carbonyl (C=O) groups is 1. The molecule has 0 atom stereocenters. The molecule has 0 heterocycles. The molecule has 5 heteroatoms. The molecule has 0 aliphatic rings. The van der Waals surface area contributed by atoms with Gasteiger partial charge in [0.05, 0.1) is 0 Å². The van der Waals surface area contributed by atoms with Crippen molar-refractivity contribution in [3.05, 3.63) is 29.8 Å². The summed E-state index contributed by atoms with van der Waals surface area (Å²) in [7, 11) is 0. The number of alkyl halides is 1. The summed E-state index contributed by atoms with van der Waals surface area (Å²) < 4.78 is 10.5. The van der Waals surface area contributed by atoms with Crippen molar-refractivity contribution in [2.24, 2.45) is 0 Å². The second-order valence-electron chi connectivity index (χ2n) is 3.94. The van der Waals surface area contributed by atoms with Gasteiger partial charge in [-0.1, -0.05) is 0 Å². The molecule has 4 nitrogen and oxygen atoms in total. The van der Waals surface area contributed by atoms with Gasteiger partial charge in [0.15, 0.2) is 0 Å². The zero-order valence-corrected chi connectivity index (χ0v) is 12.7. The zero-order valence-electron chi connectivity index (χ0n) is 11.2. The quantitative estimate of drug-likeness (QED) is 0.559. The van der Waals surface area contributed by atoms with Crippen LogP contribution in [0.5, 0.6) is 5.75 Å². The summed E-state index contributed by atoms with van der Waals surface area (Å²) in [5, 5.41) is 2.88. The van der Waals surface area contributed by atoms with Crippen molar-refractivity contribution < 1.29 is 14.3 Å². The number of hydrogen-bond acceptors (Lipinski definition) is 3. The predicted octanol–water partition coefficient (Wildman–Crippen LogP) is 2.96. The topological polar surface area (TPSA) is 47.6 Å². The molecule has 0 saturated carbocycles. The van der Waals surface area contributed by atoms with Gasteiger partial charge in [0.1, 0.15) is 11.3 Å². The summed E-state index contributed by atoms with van der Waals surface area (Å²) >= 11 is 3.18. The molecule has 0 unspecified atom stereocenters. The van der Waals surface area contributed by atoms with Crippen molar-refractivity contribution in [3.8, 4) is 5.75 Å². The molecule has 1 rings (SSSR count). The summed E-state index contributed by atoms with van der Waals surface area (Å²) in [5.41, 5.74) is 1.09. The maximum Gasteiger partial charge on any atom is 0.251 e. The van der Waals surface area contributed by atoms with Crippen LogP contribution in [0.2, 0.25) is 0 Å². The first-order valence-electron chi connectivity index (χ1n) is 6.42. The van der Waals surface area contributed by atoms with E-state index in [1.807, 2.05) is 6.92 Å². The standard InChI is InChI=1S/C14H20BrNO3/c1-2-18-10-4-3-9-16-14(17)12-5-7-13(8-6-12)19-11-15/h5-8H,2-4,9-11H2,1H3,(H,16,17). The molecule has 1 N–H and O–H groups in total. The molecule has 0 aromatic heterocycles. The number of nitrogens with one attached hydrogen (secondary N) is 1. The van der Waals surface area contributed by atoms with Crippen molar-refractivity contribution in [2.45, 2.75) is 19.8 Å². The molecule has 0 aliphatic heterocycles. The van der Waals surface area contributed by atoms with E-state index in [0.29, 0.717) is 17.6 Å². The van der Waals surface area contributed by atoms with E-state index < -0.39 is 0 Å². The van der Waals surface area contributed by atoms with E-state index >= 15 is 0 Å². The molecule has 1 amide bonds. The Morgan fingerprint density at radius 3 is 2.63 bits per heavy atom. The number of amides is 1. The number of hydrogen-bond donors (Lipinski definition) is 1. The van der Waals surface area contributed by atoms with Crippen LogP contribution in [0, 0.1) is 0 Å². The summed E-state index contributed by atoms with van der Waals surface area (Å²) in [6.07, 6.45) is 1.89. The number of ether oxygens (including phenoxy) is 2. The zero-order chi connectivity index (χ0) is 13.9. The molecule has 19 heavy (non-hydrogen) atoms. The molecule has 1 aromatic rings. The monoisotopic (exact) mass is 329 g/mol. The molecule has 106 valence electrons. The first kappa shape index (κ1) is 16.0. The number of unbranched alkanes of at least 4 members (excludes halogenated alkanes) is 1. The maximum absolute atomic E-state index is 11.8.